The van der Waals surface area contributed by atoms with E-state index in [1.165, 1.54) is 6.92 Å². The van der Waals surface area contributed by atoms with Gasteiger partial charge in [0.05, 0.1) is 0 Å². The molecule has 1 fully saturated rings. The second kappa shape index (κ2) is 8.04. The maximum absolute atomic E-state index is 11.4. The van der Waals surface area contributed by atoms with Crippen molar-refractivity contribution in [1.82, 2.24) is 10.2 Å². The van der Waals surface area contributed by atoms with Crippen molar-refractivity contribution < 1.29 is 14.7 Å². The SMILES string of the molecule is CC=C[C@@H]1C[C@H](C(=O)O)N(CC(CC)CNC(C)=O)C1. The van der Waals surface area contributed by atoms with E-state index in [4.69, 9.17) is 0 Å². The van der Waals surface area contributed by atoms with Gasteiger partial charge in [-0.1, -0.05) is 25.5 Å². The summed E-state index contributed by atoms with van der Waals surface area (Å²) in [7, 11) is 0. The molecule has 0 aromatic carbocycles. The van der Waals surface area contributed by atoms with Crippen LogP contribution >= 0.6 is 0 Å². The second-order valence-electron chi connectivity index (χ2n) is 5.54. The van der Waals surface area contributed by atoms with Crippen LogP contribution in [0.15, 0.2) is 12.2 Å². The first-order valence-electron chi connectivity index (χ1n) is 7.32. The van der Waals surface area contributed by atoms with Gasteiger partial charge in [-0.25, -0.2) is 0 Å². The van der Waals surface area contributed by atoms with Crippen LogP contribution in [-0.2, 0) is 9.59 Å². The molecule has 3 atom stereocenters. The first kappa shape index (κ1) is 16.7. The van der Waals surface area contributed by atoms with Crippen molar-refractivity contribution in [3.63, 3.8) is 0 Å². The van der Waals surface area contributed by atoms with E-state index in [1.807, 2.05) is 17.9 Å². The number of aliphatic carboxylic acids is 1. The van der Waals surface area contributed by atoms with Gasteiger partial charge in [-0.2, -0.15) is 0 Å². The van der Waals surface area contributed by atoms with E-state index in [-0.39, 0.29) is 5.91 Å². The molecule has 0 aliphatic carbocycles. The molecule has 20 heavy (non-hydrogen) atoms. The van der Waals surface area contributed by atoms with Gasteiger partial charge >= 0.3 is 5.97 Å². The first-order valence-corrected chi connectivity index (χ1v) is 7.32. The predicted molar refractivity (Wildman–Crippen MR) is 78.4 cm³/mol. The lowest BCUT2D eigenvalue weighted by Crippen LogP contribution is -2.41. The number of likely N-dealkylation sites (tertiary alicyclic amines) is 1. The average molecular weight is 282 g/mol. The summed E-state index contributed by atoms with van der Waals surface area (Å²) in [5, 5.41) is 12.2. The molecule has 0 aromatic rings. The standard InChI is InChI=1S/C15H26N2O3/c1-4-6-13-7-14(15(19)20)17(10-13)9-12(5-2)8-16-11(3)18/h4,6,12-14H,5,7-10H2,1-3H3,(H,16,18)(H,19,20)/t12?,13-,14-/m1/s1. The number of amides is 1. The number of allylic oxidation sites excluding steroid dienone is 1. The molecule has 0 saturated carbocycles. The highest BCUT2D eigenvalue weighted by Crippen LogP contribution is 2.26. The fourth-order valence-electron chi connectivity index (χ4n) is 2.77. The third kappa shape index (κ3) is 4.96. The molecule has 1 aliphatic heterocycles. The van der Waals surface area contributed by atoms with E-state index in [1.54, 1.807) is 0 Å². The lowest BCUT2D eigenvalue weighted by molar-refractivity contribution is -0.142. The number of carboxylic acids is 1. The van der Waals surface area contributed by atoms with Crippen molar-refractivity contribution in [1.29, 1.82) is 0 Å². The number of hydrogen-bond acceptors (Lipinski definition) is 3. The van der Waals surface area contributed by atoms with E-state index >= 15 is 0 Å². The molecule has 0 bridgehead atoms. The first-order chi connectivity index (χ1) is 9.47. The van der Waals surface area contributed by atoms with Crippen molar-refractivity contribution in [2.24, 2.45) is 11.8 Å². The Bertz CT molecular complexity index is 368. The highest BCUT2D eigenvalue weighted by atomic mass is 16.4. The molecule has 1 heterocycles. The molecule has 5 heteroatoms. The molecule has 1 aliphatic rings. The summed E-state index contributed by atoms with van der Waals surface area (Å²) in [5.74, 6) is -0.165. The Balaban J connectivity index is 2.61. The average Bonchev–Trinajstić information content (AvgIpc) is 2.77. The maximum Gasteiger partial charge on any atom is 0.320 e. The van der Waals surface area contributed by atoms with Gasteiger partial charge in [-0.05, 0) is 25.2 Å². The van der Waals surface area contributed by atoms with Gasteiger partial charge in [-0.15, -0.1) is 0 Å². The highest BCUT2D eigenvalue weighted by molar-refractivity contribution is 5.74. The zero-order chi connectivity index (χ0) is 15.1. The smallest absolute Gasteiger partial charge is 0.320 e. The van der Waals surface area contributed by atoms with Crippen molar-refractivity contribution in [2.45, 2.75) is 39.7 Å². The van der Waals surface area contributed by atoms with Crippen LogP contribution in [0, 0.1) is 11.8 Å². The van der Waals surface area contributed by atoms with Crippen LogP contribution in [-0.4, -0.2) is 47.6 Å². The minimum Gasteiger partial charge on any atom is -0.480 e. The molecule has 1 saturated heterocycles. The molecular weight excluding hydrogens is 256 g/mol. The number of carbonyl (C=O) groups excluding carboxylic acids is 1. The summed E-state index contributed by atoms with van der Waals surface area (Å²) >= 11 is 0. The lowest BCUT2D eigenvalue weighted by Gasteiger charge is -2.26. The van der Waals surface area contributed by atoms with Crippen LogP contribution in [0.25, 0.3) is 0 Å². The molecule has 1 unspecified atom stereocenters. The predicted octanol–water partition coefficient (Wildman–Crippen LogP) is 1.50. The van der Waals surface area contributed by atoms with Gasteiger partial charge in [0.15, 0.2) is 0 Å². The number of carbonyl (C=O) groups is 2. The van der Waals surface area contributed by atoms with Gasteiger partial charge in [0.1, 0.15) is 6.04 Å². The van der Waals surface area contributed by atoms with E-state index in [2.05, 4.69) is 18.3 Å². The third-order valence-corrected chi connectivity index (χ3v) is 3.90. The molecule has 1 rings (SSSR count). The van der Waals surface area contributed by atoms with E-state index in [0.717, 1.165) is 19.5 Å². The minimum atomic E-state index is -0.744. The van der Waals surface area contributed by atoms with Gasteiger partial charge in [0.2, 0.25) is 5.91 Å². The number of hydrogen-bond donors (Lipinski definition) is 2. The summed E-state index contributed by atoms with van der Waals surface area (Å²) in [6.07, 6.45) is 5.68. The fraction of sp³-hybridized carbons (Fsp3) is 0.733. The zero-order valence-corrected chi connectivity index (χ0v) is 12.6. The Kier molecular flexibility index (Phi) is 6.71. The fourth-order valence-corrected chi connectivity index (χ4v) is 2.77. The van der Waals surface area contributed by atoms with E-state index < -0.39 is 12.0 Å². The van der Waals surface area contributed by atoms with Crippen LogP contribution in [0.4, 0.5) is 0 Å². The number of rotatable bonds is 7. The van der Waals surface area contributed by atoms with Crippen LogP contribution < -0.4 is 5.32 Å². The largest absolute Gasteiger partial charge is 0.480 e. The van der Waals surface area contributed by atoms with Crippen LogP contribution in [0.5, 0.6) is 0 Å². The molecule has 0 spiro atoms. The molecule has 0 aromatic heterocycles. The zero-order valence-electron chi connectivity index (χ0n) is 12.6. The number of nitrogens with one attached hydrogen (secondary N) is 1. The summed E-state index contributed by atoms with van der Waals surface area (Å²) in [6, 6.07) is -0.400. The quantitative estimate of drug-likeness (QED) is 0.694. The van der Waals surface area contributed by atoms with Gasteiger partial charge in [0.25, 0.3) is 0 Å². The Morgan fingerprint density at radius 3 is 2.70 bits per heavy atom. The lowest BCUT2D eigenvalue weighted by atomic mass is 10.0. The normalized spacial score (nSPS) is 24.9. The van der Waals surface area contributed by atoms with Crippen molar-refractivity contribution in [3.8, 4) is 0 Å². The third-order valence-electron chi connectivity index (χ3n) is 3.90. The molecule has 114 valence electrons. The molecule has 5 nitrogen and oxygen atoms in total. The van der Waals surface area contributed by atoms with Gasteiger partial charge < -0.3 is 10.4 Å². The van der Waals surface area contributed by atoms with Gasteiger partial charge in [0, 0.05) is 26.6 Å². The molecule has 0 radical (unpaired) electrons. The van der Waals surface area contributed by atoms with Gasteiger partial charge in [-0.3, -0.25) is 14.5 Å². The van der Waals surface area contributed by atoms with Crippen molar-refractivity contribution in [3.05, 3.63) is 12.2 Å². The Hall–Kier alpha value is -1.36. The number of carboxylic acid groups (broad SMARTS) is 1. The maximum atomic E-state index is 11.4. The second-order valence-corrected chi connectivity index (χ2v) is 5.54. The summed E-state index contributed by atoms with van der Waals surface area (Å²) in [6.45, 7) is 7.67. The number of nitrogens with zero attached hydrogens (tertiary/aromatic N) is 1. The van der Waals surface area contributed by atoms with Crippen LogP contribution in [0.2, 0.25) is 0 Å². The molecule has 2 N–H and O–H groups in total. The summed E-state index contributed by atoms with van der Waals surface area (Å²) < 4.78 is 0. The van der Waals surface area contributed by atoms with Crippen molar-refractivity contribution in [2.75, 3.05) is 19.6 Å². The van der Waals surface area contributed by atoms with Crippen molar-refractivity contribution >= 4 is 11.9 Å². The highest BCUT2D eigenvalue weighted by Gasteiger charge is 2.36. The minimum absolute atomic E-state index is 0.0357. The summed E-state index contributed by atoms with van der Waals surface area (Å²) in [5.41, 5.74) is 0. The van der Waals surface area contributed by atoms with E-state index in [0.29, 0.717) is 24.8 Å². The monoisotopic (exact) mass is 282 g/mol. The Labute approximate surface area is 121 Å². The topological polar surface area (TPSA) is 69.6 Å². The Morgan fingerprint density at radius 1 is 1.50 bits per heavy atom. The van der Waals surface area contributed by atoms with E-state index in [9.17, 15) is 14.7 Å². The summed E-state index contributed by atoms with van der Waals surface area (Å²) in [4.78, 5) is 24.4. The molecular formula is C15H26N2O3. The Morgan fingerprint density at radius 2 is 2.20 bits per heavy atom. The molecule has 1 amide bonds. The van der Waals surface area contributed by atoms with Crippen LogP contribution in [0.1, 0.15) is 33.6 Å². The van der Waals surface area contributed by atoms with Crippen LogP contribution in [0.3, 0.4) is 0 Å².